The quantitative estimate of drug-likeness (QED) is 0.880. The molecule has 0 saturated carbocycles. The fourth-order valence-electron chi connectivity index (χ4n) is 2.16. The summed E-state index contributed by atoms with van der Waals surface area (Å²) in [5.41, 5.74) is 3.62. The molecule has 2 aromatic rings. The molecule has 0 aliphatic rings. The van der Waals surface area contributed by atoms with E-state index >= 15 is 0 Å². The monoisotopic (exact) mass is 303 g/mol. The second-order valence-electron chi connectivity index (χ2n) is 5.27. The van der Waals surface area contributed by atoms with Gasteiger partial charge in [-0.15, -0.1) is 0 Å². The fourth-order valence-corrected chi connectivity index (χ4v) is 2.49. The number of nitrogens with one attached hydrogen (secondary N) is 1. The van der Waals surface area contributed by atoms with Crippen LogP contribution in [-0.2, 0) is 13.1 Å². The molecule has 1 N–H and O–H groups in total. The second-order valence-corrected chi connectivity index (χ2v) is 5.68. The molecule has 0 unspecified atom stereocenters. The highest BCUT2D eigenvalue weighted by molar-refractivity contribution is 6.33. The Morgan fingerprint density at radius 2 is 1.90 bits per heavy atom. The molecule has 0 atom stereocenters. The molecular weight excluding hydrogens is 282 g/mol. The van der Waals surface area contributed by atoms with Crippen LogP contribution >= 0.6 is 11.6 Å². The lowest BCUT2D eigenvalue weighted by molar-refractivity contribution is 0.724. The molecule has 2 rings (SSSR count). The summed E-state index contributed by atoms with van der Waals surface area (Å²) in [7, 11) is 2.01. The van der Waals surface area contributed by atoms with Gasteiger partial charge in [-0.05, 0) is 30.7 Å². The first kappa shape index (κ1) is 15.8. The number of anilines is 1. The average Bonchev–Trinajstić information content (AvgIpc) is 2.47. The molecule has 21 heavy (non-hydrogen) atoms. The van der Waals surface area contributed by atoms with E-state index in [4.69, 9.17) is 11.6 Å². The first-order chi connectivity index (χ1) is 10.1. The number of rotatable bonds is 6. The maximum atomic E-state index is 6.36. The van der Waals surface area contributed by atoms with Crippen LogP contribution in [0.4, 0.5) is 5.82 Å². The Balaban J connectivity index is 2.08. The van der Waals surface area contributed by atoms with Crippen molar-refractivity contribution in [1.29, 1.82) is 0 Å². The molecule has 0 saturated heterocycles. The highest BCUT2D eigenvalue weighted by Crippen LogP contribution is 2.24. The van der Waals surface area contributed by atoms with E-state index in [2.05, 4.69) is 53.3 Å². The van der Waals surface area contributed by atoms with Crippen LogP contribution in [0, 0.1) is 6.92 Å². The Morgan fingerprint density at radius 3 is 2.52 bits per heavy atom. The third kappa shape index (κ3) is 4.45. The van der Waals surface area contributed by atoms with Crippen molar-refractivity contribution in [3.8, 4) is 0 Å². The summed E-state index contributed by atoms with van der Waals surface area (Å²) in [4.78, 5) is 6.57. The minimum atomic E-state index is 0.694. The SMILES string of the molecule is CCNCc1cnc(N(C)Cc2ccc(C)cc2)c(Cl)c1. The van der Waals surface area contributed by atoms with Crippen LogP contribution in [0.2, 0.25) is 5.02 Å². The number of hydrogen-bond donors (Lipinski definition) is 1. The molecule has 0 aliphatic carbocycles. The molecule has 0 fully saturated rings. The van der Waals surface area contributed by atoms with Crippen molar-refractivity contribution in [3.05, 3.63) is 58.2 Å². The number of nitrogens with zero attached hydrogens (tertiary/aromatic N) is 2. The number of aryl methyl sites for hydroxylation is 1. The number of benzene rings is 1. The van der Waals surface area contributed by atoms with Gasteiger partial charge in [0.25, 0.3) is 0 Å². The van der Waals surface area contributed by atoms with E-state index in [1.807, 2.05) is 19.3 Å². The second kappa shape index (κ2) is 7.43. The standard InChI is InChI=1S/C17H22ClN3/c1-4-19-10-15-9-16(18)17(20-11-15)21(3)12-14-7-5-13(2)6-8-14/h5-9,11,19H,4,10,12H2,1-3H3. The van der Waals surface area contributed by atoms with E-state index < -0.39 is 0 Å². The van der Waals surface area contributed by atoms with Gasteiger partial charge < -0.3 is 10.2 Å². The zero-order valence-corrected chi connectivity index (χ0v) is 13.6. The van der Waals surface area contributed by atoms with Gasteiger partial charge in [0, 0.05) is 26.3 Å². The third-order valence-corrected chi connectivity index (χ3v) is 3.64. The highest BCUT2D eigenvalue weighted by atomic mass is 35.5. The van der Waals surface area contributed by atoms with Crippen molar-refractivity contribution in [2.24, 2.45) is 0 Å². The molecule has 0 bridgehead atoms. The van der Waals surface area contributed by atoms with Crippen LogP contribution in [0.3, 0.4) is 0 Å². The largest absolute Gasteiger partial charge is 0.354 e. The van der Waals surface area contributed by atoms with Crippen LogP contribution in [0.25, 0.3) is 0 Å². The number of hydrogen-bond acceptors (Lipinski definition) is 3. The van der Waals surface area contributed by atoms with Crippen LogP contribution in [0.1, 0.15) is 23.6 Å². The molecule has 4 heteroatoms. The number of halogens is 1. The summed E-state index contributed by atoms with van der Waals surface area (Å²) in [5.74, 6) is 0.817. The lowest BCUT2D eigenvalue weighted by Gasteiger charge is -2.20. The van der Waals surface area contributed by atoms with Crippen molar-refractivity contribution >= 4 is 17.4 Å². The van der Waals surface area contributed by atoms with Gasteiger partial charge in [0.05, 0.1) is 5.02 Å². The molecule has 3 nitrogen and oxygen atoms in total. The van der Waals surface area contributed by atoms with E-state index in [1.54, 1.807) is 0 Å². The Bertz CT molecular complexity index is 581. The van der Waals surface area contributed by atoms with Gasteiger partial charge in [0.2, 0.25) is 0 Å². The maximum absolute atomic E-state index is 6.36. The van der Waals surface area contributed by atoms with Gasteiger partial charge in [-0.25, -0.2) is 4.98 Å². The van der Waals surface area contributed by atoms with E-state index in [0.717, 1.165) is 31.0 Å². The fraction of sp³-hybridized carbons (Fsp3) is 0.353. The van der Waals surface area contributed by atoms with E-state index in [9.17, 15) is 0 Å². The molecule has 1 aromatic carbocycles. The summed E-state index contributed by atoms with van der Waals surface area (Å²) in [6.07, 6.45) is 1.88. The van der Waals surface area contributed by atoms with E-state index in [0.29, 0.717) is 5.02 Å². The Hall–Kier alpha value is -1.58. The summed E-state index contributed by atoms with van der Waals surface area (Å²) in [6, 6.07) is 10.5. The predicted octanol–water partition coefficient (Wildman–Crippen LogP) is 3.79. The van der Waals surface area contributed by atoms with Gasteiger partial charge in [-0.2, -0.15) is 0 Å². The topological polar surface area (TPSA) is 28.2 Å². The minimum Gasteiger partial charge on any atom is -0.354 e. The normalized spacial score (nSPS) is 10.7. The van der Waals surface area contributed by atoms with Crippen molar-refractivity contribution in [1.82, 2.24) is 10.3 Å². The van der Waals surface area contributed by atoms with E-state index in [-0.39, 0.29) is 0 Å². The van der Waals surface area contributed by atoms with Crippen molar-refractivity contribution < 1.29 is 0 Å². The number of aromatic nitrogens is 1. The average molecular weight is 304 g/mol. The number of pyridine rings is 1. The van der Waals surface area contributed by atoms with Crippen LogP contribution < -0.4 is 10.2 Å². The van der Waals surface area contributed by atoms with Gasteiger partial charge in [0.1, 0.15) is 5.82 Å². The summed E-state index contributed by atoms with van der Waals surface area (Å²) in [5, 5.41) is 3.97. The van der Waals surface area contributed by atoms with Crippen LogP contribution in [0.5, 0.6) is 0 Å². The first-order valence-electron chi connectivity index (χ1n) is 7.22. The Kier molecular flexibility index (Phi) is 5.59. The highest BCUT2D eigenvalue weighted by Gasteiger charge is 2.09. The molecule has 1 aromatic heterocycles. The Morgan fingerprint density at radius 1 is 1.19 bits per heavy atom. The lowest BCUT2D eigenvalue weighted by Crippen LogP contribution is -2.19. The first-order valence-corrected chi connectivity index (χ1v) is 7.59. The summed E-state index contributed by atoms with van der Waals surface area (Å²) in [6.45, 7) is 6.70. The smallest absolute Gasteiger partial charge is 0.147 e. The maximum Gasteiger partial charge on any atom is 0.147 e. The van der Waals surface area contributed by atoms with Gasteiger partial charge in [0.15, 0.2) is 0 Å². The summed E-state index contributed by atoms with van der Waals surface area (Å²) >= 11 is 6.36. The zero-order chi connectivity index (χ0) is 15.2. The molecule has 0 spiro atoms. The third-order valence-electron chi connectivity index (χ3n) is 3.36. The molecule has 0 amide bonds. The Labute approximate surface area is 132 Å². The molecule has 1 heterocycles. The van der Waals surface area contributed by atoms with Crippen LogP contribution in [-0.4, -0.2) is 18.6 Å². The lowest BCUT2D eigenvalue weighted by atomic mass is 10.1. The molecule has 0 radical (unpaired) electrons. The van der Waals surface area contributed by atoms with Crippen LogP contribution in [0.15, 0.2) is 36.5 Å². The predicted molar refractivity (Wildman–Crippen MR) is 89.9 cm³/mol. The summed E-state index contributed by atoms with van der Waals surface area (Å²) < 4.78 is 0. The molecule has 0 aliphatic heterocycles. The van der Waals surface area contributed by atoms with Crippen molar-refractivity contribution in [3.63, 3.8) is 0 Å². The van der Waals surface area contributed by atoms with E-state index in [1.165, 1.54) is 11.1 Å². The minimum absolute atomic E-state index is 0.694. The molecular formula is C17H22ClN3. The van der Waals surface area contributed by atoms with Gasteiger partial charge in [-0.3, -0.25) is 0 Å². The van der Waals surface area contributed by atoms with Crippen molar-refractivity contribution in [2.75, 3.05) is 18.5 Å². The zero-order valence-electron chi connectivity index (χ0n) is 12.9. The molecule has 112 valence electrons. The van der Waals surface area contributed by atoms with Gasteiger partial charge in [-0.1, -0.05) is 48.4 Å². The van der Waals surface area contributed by atoms with Gasteiger partial charge >= 0.3 is 0 Å². The van der Waals surface area contributed by atoms with Crippen molar-refractivity contribution in [2.45, 2.75) is 26.9 Å².